The number of anilines is 1. The third-order valence-corrected chi connectivity index (χ3v) is 3.89. The quantitative estimate of drug-likeness (QED) is 0.420. The highest BCUT2D eigenvalue weighted by Crippen LogP contribution is 2.32. The van der Waals surface area contributed by atoms with Gasteiger partial charge < -0.3 is 19.5 Å². The maximum atomic E-state index is 12.1. The van der Waals surface area contributed by atoms with Crippen molar-refractivity contribution in [3.05, 3.63) is 57.6 Å². The molecule has 0 saturated carbocycles. The third kappa shape index (κ3) is 5.19. The summed E-state index contributed by atoms with van der Waals surface area (Å²) in [6, 6.07) is 9.64. The van der Waals surface area contributed by atoms with Gasteiger partial charge in [0.15, 0.2) is 12.4 Å². The standard InChI is InChI=1S/C19H20N2O7/c1-12-8-15(21(24)25)17(27-3)10-14(12)20-18(22)11-28-19(23)9-13-6-4-5-7-16(13)26-2/h4-8,10H,9,11H2,1-3H3,(H,20,22). The maximum absolute atomic E-state index is 12.1. The van der Waals surface area contributed by atoms with Gasteiger partial charge in [-0.05, 0) is 18.6 Å². The molecule has 0 unspecified atom stereocenters. The molecule has 0 aliphatic heterocycles. The number of hydrogen-bond acceptors (Lipinski definition) is 7. The second-order valence-corrected chi connectivity index (χ2v) is 5.79. The monoisotopic (exact) mass is 388 g/mol. The molecule has 1 amide bonds. The lowest BCUT2D eigenvalue weighted by molar-refractivity contribution is -0.385. The Morgan fingerprint density at radius 2 is 1.79 bits per heavy atom. The number of ether oxygens (including phenoxy) is 3. The highest BCUT2D eigenvalue weighted by molar-refractivity contribution is 5.94. The average molecular weight is 388 g/mol. The zero-order chi connectivity index (χ0) is 20.7. The van der Waals surface area contributed by atoms with E-state index < -0.39 is 23.4 Å². The number of aryl methyl sites for hydroxylation is 1. The van der Waals surface area contributed by atoms with Crippen molar-refractivity contribution in [1.29, 1.82) is 0 Å². The smallest absolute Gasteiger partial charge is 0.311 e. The van der Waals surface area contributed by atoms with Crippen molar-refractivity contribution in [1.82, 2.24) is 0 Å². The van der Waals surface area contributed by atoms with Crippen molar-refractivity contribution in [2.24, 2.45) is 0 Å². The van der Waals surface area contributed by atoms with E-state index in [9.17, 15) is 19.7 Å². The van der Waals surface area contributed by atoms with Crippen molar-refractivity contribution >= 4 is 23.3 Å². The third-order valence-electron chi connectivity index (χ3n) is 3.89. The summed E-state index contributed by atoms with van der Waals surface area (Å²) >= 11 is 0. The van der Waals surface area contributed by atoms with E-state index in [-0.39, 0.29) is 17.9 Å². The van der Waals surface area contributed by atoms with E-state index in [1.165, 1.54) is 26.4 Å². The summed E-state index contributed by atoms with van der Waals surface area (Å²) in [5.74, 6) is -0.596. The molecule has 0 saturated heterocycles. The number of nitro benzene ring substituents is 1. The molecule has 2 rings (SSSR count). The first-order valence-electron chi connectivity index (χ1n) is 8.26. The summed E-state index contributed by atoms with van der Waals surface area (Å²) in [4.78, 5) is 34.5. The second-order valence-electron chi connectivity index (χ2n) is 5.79. The van der Waals surface area contributed by atoms with Gasteiger partial charge in [0, 0.05) is 23.4 Å². The van der Waals surface area contributed by atoms with E-state index in [0.717, 1.165) is 0 Å². The number of carbonyl (C=O) groups is 2. The molecular formula is C19H20N2O7. The van der Waals surface area contributed by atoms with Crippen LogP contribution < -0.4 is 14.8 Å². The fourth-order valence-electron chi connectivity index (χ4n) is 2.50. The lowest BCUT2D eigenvalue weighted by Crippen LogP contribution is -2.22. The Bertz CT molecular complexity index is 896. The van der Waals surface area contributed by atoms with Crippen LogP contribution in [0.5, 0.6) is 11.5 Å². The van der Waals surface area contributed by atoms with Crippen molar-refractivity contribution in [2.75, 3.05) is 26.1 Å². The van der Waals surface area contributed by atoms with E-state index in [0.29, 0.717) is 22.6 Å². The summed E-state index contributed by atoms with van der Waals surface area (Å²) in [7, 11) is 2.79. The molecule has 0 aromatic heterocycles. The first kappa shape index (κ1) is 20.7. The van der Waals surface area contributed by atoms with E-state index >= 15 is 0 Å². The van der Waals surface area contributed by atoms with Gasteiger partial charge in [0.25, 0.3) is 5.91 Å². The summed E-state index contributed by atoms with van der Waals surface area (Å²) in [6.07, 6.45) is -0.0400. The molecular weight excluding hydrogens is 368 g/mol. The van der Waals surface area contributed by atoms with E-state index in [1.54, 1.807) is 31.2 Å². The van der Waals surface area contributed by atoms with Gasteiger partial charge in [0.2, 0.25) is 0 Å². The number of nitro groups is 1. The lowest BCUT2D eigenvalue weighted by atomic mass is 10.1. The minimum Gasteiger partial charge on any atom is -0.496 e. The number of rotatable bonds is 8. The second kappa shape index (κ2) is 9.36. The predicted octanol–water partition coefficient (Wildman–Crippen LogP) is 2.64. The first-order valence-corrected chi connectivity index (χ1v) is 8.26. The van der Waals surface area contributed by atoms with Crippen LogP contribution in [-0.4, -0.2) is 37.6 Å². The Morgan fingerprint density at radius 1 is 1.11 bits per heavy atom. The number of amides is 1. The SMILES string of the molecule is COc1ccccc1CC(=O)OCC(=O)Nc1cc(OC)c([N+](=O)[O-])cc1C. The lowest BCUT2D eigenvalue weighted by Gasteiger charge is -2.11. The van der Waals surface area contributed by atoms with Gasteiger partial charge in [-0.3, -0.25) is 19.7 Å². The van der Waals surface area contributed by atoms with Crippen LogP contribution >= 0.6 is 0 Å². The van der Waals surface area contributed by atoms with Gasteiger partial charge >= 0.3 is 11.7 Å². The molecule has 2 aromatic carbocycles. The van der Waals surface area contributed by atoms with Crippen LogP contribution in [0.15, 0.2) is 36.4 Å². The Hall–Kier alpha value is -3.62. The number of nitrogens with zero attached hydrogens (tertiary/aromatic N) is 1. The highest BCUT2D eigenvalue weighted by atomic mass is 16.6. The molecule has 0 bridgehead atoms. The molecule has 0 aliphatic rings. The fourth-order valence-corrected chi connectivity index (χ4v) is 2.50. The number of nitrogens with one attached hydrogen (secondary N) is 1. The van der Waals surface area contributed by atoms with Gasteiger partial charge in [-0.1, -0.05) is 18.2 Å². The van der Waals surface area contributed by atoms with Gasteiger partial charge in [-0.15, -0.1) is 0 Å². The summed E-state index contributed by atoms with van der Waals surface area (Å²) in [5.41, 5.74) is 1.24. The van der Waals surface area contributed by atoms with Crippen molar-refractivity contribution in [3.63, 3.8) is 0 Å². The largest absolute Gasteiger partial charge is 0.496 e. The summed E-state index contributed by atoms with van der Waals surface area (Å²) in [5, 5.41) is 13.6. The minimum atomic E-state index is -0.586. The highest BCUT2D eigenvalue weighted by Gasteiger charge is 2.19. The Labute approximate surface area is 161 Å². The molecule has 1 N–H and O–H groups in total. The van der Waals surface area contributed by atoms with Gasteiger partial charge in [-0.25, -0.2) is 0 Å². The van der Waals surface area contributed by atoms with Crippen LogP contribution in [-0.2, 0) is 20.7 Å². The topological polar surface area (TPSA) is 117 Å². The van der Waals surface area contributed by atoms with Crippen LogP contribution in [0.3, 0.4) is 0 Å². The Morgan fingerprint density at radius 3 is 2.43 bits per heavy atom. The average Bonchev–Trinajstić information content (AvgIpc) is 2.68. The molecule has 0 atom stereocenters. The normalized spacial score (nSPS) is 10.1. The van der Waals surface area contributed by atoms with Crippen LogP contribution in [0, 0.1) is 17.0 Å². The van der Waals surface area contributed by atoms with Gasteiger partial charge in [0.05, 0.1) is 25.6 Å². The molecule has 0 fully saturated rings. The van der Waals surface area contributed by atoms with E-state index in [2.05, 4.69) is 5.32 Å². The zero-order valence-corrected chi connectivity index (χ0v) is 15.7. The first-order chi connectivity index (χ1) is 13.3. The number of hydrogen-bond donors (Lipinski definition) is 1. The summed E-state index contributed by atoms with van der Waals surface area (Å²) in [6.45, 7) is 1.11. The molecule has 9 nitrogen and oxygen atoms in total. The van der Waals surface area contributed by atoms with Crippen molar-refractivity contribution in [3.8, 4) is 11.5 Å². The number of para-hydroxylation sites is 1. The predicted molar refractivity (Wildman–Crippen MR) is 101 cm³/mol. The van der Waals surface area contributed by atoms with Crippen LogP contribution in [0.2, 0.25) is 0 Å². The number of benzene rings is 2. The van der Waals surface area contributed by atoms with Gasteiger partial charge in [-0.2, -0.15) is 0 Å². The molecule has 28 heavy (non-hydrogen) atoms. The fraction of sp³-hybridized carbons (Fsp3) is 0.263. The number of carbonyl (C=O) groups excluding carboxylic acids is 2. The molecule has 0 heterocycles. The van der Waals surface area contributed by atoms with E-state index in [1.807, 2.05) is 0 Å². The number of methoxy groups -OCH3 is 2. The van der Waals surface area contributed by atoms with Crippen LogP contribution in [0.4, 0.5) is 11.4 Å². The minimum absolute atomic E-state index is 0.0130. The molecule has 9 heteroatoms. The number of esters is 1. The van der Waals surface area contributed by atoms with Gasteiger partial charge in [0.1, 0.15) is 5.75 Å². The molecule has 0 radical (unpaired) electrons. The van der Waals surface area contributed by atoms with Crippen molar-refractivity contribution in [2.45, 2.75) is 13.3 Å². The zero-order valence-electron chi connectivity index (χ0n) is 15.7. The van der Waals surface area contributed by atoms with Crippen LogP contribution in [0.25, 0.3) is 0 Å². The molecule has 0 aliphatic carbocycles. The van der Waals surface area contributed by atoms with Crippen molar-refractivity contribution < 1.29 is 28.7 Å². The Balaban J connectivity index is 1.97. The molecule has 2 aromatic rings. The Kier molecular flexibility index (Phi) is 6.91. The summed E-state index contributed by atoms with van der Waals surface area (Å²) < 4.78 is 15.1. The molecule has 0 spiro atoms. The maximum Gasteiger partial charge on any atom is 0.311 e. The molecule has 148 valence electrons. The van der Waals surface area contributed by atoms with Crippen LogP contribution in [0.1, 0.15) is 11.1 Å². The van der Waals surface area contributed by atoms with E-state index in [4.69, 9.17) is 14.2 Å².